The van der Waals surface area contributed by atoms with Gasteiger partial charge in [0.25, 0.3) is 0 Å². The molecular weight excluding hydrogens is 216 g/mol. The monoisotopic (exact) mass is 240 g/mol. The van der Waals surface area contributed by atoms with E-state index in [1.54, 1.807) is 6.08 Å². The molecule has 1 fully saturated rings. The van der Waals surface area contributed by atoms with Crippen molar-refractivity contribution in [2.45, 2.75) is 32.2 Å². The molecule has 4 nitrogen and oxygen atoms in total. The summed E-state index contributed by atoms with van der Waals surface area (Å²) in [6.45, 7) is 8.45. The van der Waals surface area contributed by atoms with E-state index >= 15 is 0 Å². The van der Waals surface area contributed by atoms with Crippen LogP contribution in [0.4, 0.5) is 0 Å². The third-order valence-electron chi connectivity index (χ3n) is 2.78. The molecule has 1 rings (SSSR count). The fourth-order valence-electron chi connectivity index (χ4n) is 1.45. The zero-order valence-corrected chi connectivity index (χ0v) is 10.7. The van der Waals surface area contributed by atoms with Gasteiger partial charge in [0.1, 0.15) is 0 Å². The van der Waals surface area contributed by atoms with Gasteiger partial charge in [0.15, 0.2) is 0 Å². The molecule has 1 atom stereocenters. The summed E-state index contributed by atoms with van der Waals surface area (Å²) in [7, 11) is 0. The van der Waals surface area contributed by atoms with Gasteiger partial charge in [-0.25, -0.2) is 0 Å². The van der Waals surface area contributed by atoms with Crippen LogP contribution < -0.4 is 10.6 Å². The molecule has 0 aliphatic heterocycles. The van der Waals surface area contributed by atoms with Gasteiger partial charge in [-0.2, -0.15) is 0 Å². The Morgan fingerprint density at radius 1 is 1.59 bits per heavy atom. The first kappa shape index (κ1) is 14.2. The zero-order valence-electron chi connectivity index (χ0n) is 10.7. The Morgan fingerprint density at radius 3 is 3.00 bits per heavy atom. The topological polar surface area (TPSA) is 50.4 Å². The lowest BCUT2D eigenvalue weighted by Gasteiger charge is -2.13. The maximum Gasteiger partial charge on any atom is 0.237 e. The number of amides is 1. The van der Waals surface area contributed by atoms with E-state index in [-0.39, 0.29) is 11.9 Å². The lowest BCUT2D eigenvalue weighted by molar-refractivity contribution is -0.122. The van der Waals surface area contributed by atoms with Crippen molar-refractivity contribution in [2.24, 2.45) is 5.92 Å². The molecular formula is C13H24N2O2. The predicted molar refractivity (Wildman–Crippen MR) is 68.8 cm³/mol. The van der Waals surface area contributed by atoms with Crippen molar-refractivity contribution in [3.8, 4) is 0 Å². The Bertz CT molecular complexity index is 240. The molecule has 0 saturated heterocycles. The van der Waals surface area contributed by atoms with Crippen LogP contribution in [0.25, 0.3) is 0 Å². The first-order chi connectivity index (χ1) is 8.24. The van der Waals surface area contributed by atoms with E-state index in [1.165, 1.54) is 12.8 Å². The maximum atomic E-state index is 11.5. The van der Waals surface area contributed by atoms with Crippen molar-refractivity contribution >= 4 is 5.91 Å². The van der Waals surface area contributed by atoms with E-state index in [2.05, 4.69) is 17.2 Å². The SMILES string of the molecule is C=CCNC(=O)C(C)NCCCOCC1CC1. The van der Waals surface area contributed by atoms with E-state index in [9.17, 15) is 4.79 Å². The highest BCUT2D eigenvalue weighted by Crippen LogP contribution is 2.28. The van der Waals surface area contributed by atoms with Crippen LogP contribution in [0.1, 0.15) is 26.2 Å². The van der Waals surface area contributed by atoms with Crippen molar-refractivity contribution in [1.82, 2.24) is 10.6 Å². The summed E-state index contributed by atoms with van der Waals surface area (Å²) in [6, 6.07) is -0.154. The van der Waals surface area contributed by atoms with E-state index in [4.69, 9.17) is 4.74 Å². The van der Waals surface area contributed by atoms with Crippen molar-refractivity contribution < 1.29 is 9.53 Å². The molecule has 98 valence electrons. The maximum absolute atomic E-state index is 11.5. The molecule has 17 heavy (non-hydrogen) atoms. The molecule has 1 aliphatic carbocycles. The minimum Gasteiger partial charge on any atom is -0.381 e. The molecule has 0 aromatic rings. The number of carbonyl (C=O) groups is 1. The highest BCUT2D eigenvalue weighted by molar-refractivity contribution is 5.81. The molecule has 4 heteroatoms. The molecule has 2 N–H and O–H groups in total. The van der Waals surface area contributed by atoms with Crippen molar-refractivity contribution in [2.75, 3.05) is 26.3 Å². The van der Waals surface area contributed by atoms with Gasteiger partial charge in [0.05, 0.1) is 6.04 Å². The summed E-state index contributed by atoms with van der Waals surface area (Å²) in [4.78, 5) is 11.5. The van der Waals surface area contributed by atoms with Gasteiger partial charge in [-0.15, -0.1) is 6.58 Å². The van der Waals surface area contributed by atoms with Gasteiger partial charge in [-0.05, 0) is 38.6 Å². The normalized spacial score (nSPS) is 16.5. The van der Waals surface area contributed by atoms with Gasteiger partial charge >= 0.3 is 0 Å². The summed E-state index contributed by atoms with van der Waals surface area (Å²) in [5.74, 6) is 0.843. The van der Waals surface area contributed by atoms with Crippen LogP contribution in [0.15, 0.2) is 12.7 Å². The van der Waals surface area contributed by atoms with Gasteiger partial charge in [0.2, 0.25) is 5.91 Å². The highest BCUT2D eigenvalue weighted by atomic mass is 16.5. The van der Waals surface area contributed by atoms with Crippen molar-refractivity contribution in [3.05, 3.63) is 12.7 Å². The molecule has 0 aromatic carbocycles. The Balaban J connectivity index is 1.89. The van der Waals surface area contributed by atoms with Crippen LogP contribution in [-0.2, 0) is 9.53 Å². The Hall–Kier alpha value is -0.870. The van der Waals surface area contributed by atoms with E-state index in [0.29, 0.717) is 6.54 Å². The molecule has 0 spiro atoms. The molecule has 0 heterocycles. The number of hydrogen-bond donors (Lipinski definition) is 2. The molecule has 1 amide bonds. The Kier molecular flexibility index (Phi) is 6.89. The third-order valence-corrected chi connectivity index (χ3v) is 2.78. The average Bonchev–Trinajstić information content (AvgIpc) is 3.14. The van der Waals surface area contributed by atoms with Gasteiger partial charge < -0.3 is 15.4 Å². The molecule has 1 aliphatic rings. The van der Waals surface area contributed by atoms with Gasteiger partial charge in [-0.1, -0.05) is 6.08 Å². The van der Waals surface area contributed by atoms with Crippen LogP contribution in [-0.4, -0.2) is 38.3 Å². The summed E-state index contributed by atoms with van der Waals surface area (Å²) in [5.41, 5.74) is 0. The number of carbonyl (C=O) groups excluding carboxylic acids is 1. The lowest BCUT2D eigenvalue weighted by atomic mass is 10.3. The Morgan fingerprint density at radius 2 is 2.35 bits per heavy atom. The van der Waals surface area contributed by atoms with Crippen LogP contribution in [0.2, 0.25) is 0 Å². The summed E-state index contributed by atoms with van der Waals surface area (Å²) < 4.78 is 5.51. The van der Waals surface area contributed by atoms with Gasteiger partial charge in [0, 0.05) is 19.8 Å². The minimum atomic E-state index is -0.154. The Labute approximate surface area is 104 Å². The lowest BCUT2D eigenvalue weighted by Crippen LogP contribution is -2.42. The molecule has 1 saturated carbocycles. The second kappa shape index (κ2) is 8.25. The molecule has 0 bridgehead atoms. The van der Waals surface area contributed by atoms with Crippen molar-refractivity contribution in [3.63, 3.8) is 0 Å². The second-order valence-electron chi connectivity index (χ2n) is 4.58. The highest BCUT2D eigenvalue weighted by Gasteiger charge is 2.20. The van der Waals surface area contributed by atoms with Crippen molar-refractivity contribution in [1.29, 1.82) is 0 Å². The number of rotatable bonds is 10. The summed E-state index contributed by atoms with van der Waals surface area (Å²) in [5, 5.41) is 5.93. The van der Waals surface area contributed by atoms with Crippen LogP contribution >= 0.6 is 0 Å². The first-order valence-corrected chi connectivity index (χ1v) is 6.43. The summed E-state index contributed by atoms with van der Waals surface area (Å²) in [6.07, 6.45) is 5.29. The quantitative estimate of drug-likeness (QED) is 0.444. The molecule has 0 radical (unpaired) electrons. The molecule has 1 unspecified atom stereocenters. The average molecular weight is 240 g/mol. The largest absolute Gasteiger partial charge is 0.381 e. The van der Waals surface area contributed by atoms with Crippen LogP contribution in [0.3, 0.4) is 0 Å². The van der Waals surface area contributed by atoms with Gasteiger partial charge in [-0.3, -0.25) is 4.79 Å². The minimum absolute atomic E-state index is 0.0174. The third kappa shape index (κ3) is 7.13. The fraction of sp³-hybridized carbons (Fsp3) is 0.769. The predicted octanol–water partition coefficient (Wildman–Crippen LogP) is 1.08. The van der Waals surface area contributed by atoms with Crippen LogP contribution in [0, 0.1) is 5.92 Å². The smallest absolute Gasteiger partial charge is 0.237 e. The fourth-order valence-corrected chi connectivity index (χ4v) is 1.45. The summed E-state index contributed by atoms with van der Waals surface area (Å²) >= 11 is 0. The van der Waals surface area contributed by atoms with E-state index < -0.39 is 0 Å². The van der Waals surface area contributed by atoms with E-state index in [1.807, 2.05) is 6.92 Å². The molecule has 0 aromatic heterocycles. The first-order valence-electron chi connectivity index (χ1n) is 6.43. The number of ether oxygens (including phenoxy) is 1. The van der Waals surface area contributed by atoms with E-state index in [0.717, 1.165) is 32.1 Å². The number of hydrogen-bond acceptors (Lipinski definition) is 3. The van der Waals surface area contributed by atoms with Crippen LogP contribution in [0.5, 0.6) is 0 Å². The zero-order chi connectivity index (χ0) is 12.5. The second-order valence-corrected chi connectivity index (χ2v) is 4.58. The standard InChI is InChI=1S/C13H24N2O2/c1-3-7-15-13(16)11(2)14-8-4-9-17-10-12-5-6-12/h3,11-12,14H,1,4-10H2,2H3,(H,15,16). The number of nitrogens with one attached hydrogen (secondary N) is 2.